The van der Waals surface area contributed by atoms with Gasteiger partial charge in [0.1, 0.15) is 11.6 Å². The average Bonchev–Trinajstić information content (AvgIpc) is 3.17. The first kappa shape index (κ1) is 19.2. The largest absolute Gasteiger partial charge is 0.354 e. The summed E-state index contributed by atoms with van der Waals surface area (Å²) in [5.74, 6) is -2.14. The first-order valence-corrected chi connectivity index (χ1v) is 8.41. The van der Waals surface area contributed by atoms with Crippen molar-refractivity contribution < 1.29 is 22.9 Å². The summed E-state index contributed by atoms with van der Waals surface area (Å²) in [4.78, 5) is 27.7. The number of nitrogens with zero attached hydrogens (tertiary/aromatic N) is 2. The second-order valence-corrected chi connectivity index (χ2v) is 5.81. The van der Waals surface area contributed by atoms with E-state index in [0.717, 1.165) is 0 Å². The zero-order chi connectivity index (χ0) is 19.9. The first-order valence-electron chi connectivity index (χ1n) is 8.41. The molecule has 0 saturated heterocycles. The maximum absolute atomic E-state index is 13.7. The predicted octanol–water partition coefficient (Wildman–Crippen LogP) is 2.10. The van der Waals surface area contributed by atoms with Crippen molar-refractivity contribution in [3.8, 4) is 11.4 Å². The summed E-state index contributed by atoms with van der Waals surface area (Å²) < 4.78 is 31.4. The van der Waals surface area contributed by atoms with Gasteiger partial charge in [-0.3, -0.25) is 9.59 Å². The van der Waals surface area contributed by atoms with Gasteiger partial charge in [-0.05, 0) is 29.8 Å². The van der Waals surface area contributed by atoms with E-state index in [9.17, 15) is 18.4 Å². The summed E-state index contributed by atoms with van der Waals surface area (Å²) >= 11 is 0. The Kier molecular flexibility index (Phi) is 6.05. The standard InChI is InChI=1S/C19H16F2N4O3/c20-13-7-5-12(6-8-13)11-16(26)22-9-10-23-18(27)19-24-17(25-28-19)14-3-1-2-4-15(14)21/h1-8H,9-11H2,(H,22,26)(H,23,27). The summed E-state index contributed by atoms with van der Waals surface area (Å²) in [7, 11) is 0. The highest BCUT2D eigenvalue weighted by Gasteiger charge is 2.17. The number of aromatic nitrogens is 2. The van der Waals surface area contributed by atoms with Gasteiger partial charge in [0.15, 0.2) is 0 Å². The van der Waals surface area contributed by atoms with Crippen LogP contribution in [0.3, 0.4) is 0 Å². The van der Waals surface area contributed by atoms with E-state index >= 15 is 0 Å². The van der Waals surface area contributed by atoms with Crippen LogP contribution in [0.2, 0.25) is 0 Å². The van der Waals surface area contributed by atoms with Crippen molar-refractivity contribution in [2.24, 2.45) is 0 Å². The van der Waals surface area contributed by atoms with Crippen molar-refractivity contribution >= 4 is 11.8 Å². The van der Waals surface area contributed by atoms with Crippen molar-refractivity contribution in [1.29, 1.82) is 0 Å². The molecule has 0 aliphatic heterocycles. The van der Waals surface area contributed by atoms with Crippen LogP contribution in [-0.4, -0.2) is 35.0 Å². The fraction of sp³-hybridized carbons (Fsp3) is 0.158. The SMILES string of the molecule is O=C(Cc1ccc(F)cc1)NCCNC(=O)c1nc(-c2ccccc2F)no1. The van der Waals surface area contributed by atoms with Crippen LogP contribution >= 0.6 is 0 Å². The van der Waals surface area contributed by atoms with Crippen molar-refractivity contribution in [2.75, 3.05) is 13.1 Å². The number of hydrogen-bond donors (Lipinski definition) is 2. The summed E-state index contributed by atoms with van der Waals surface area (Å²) in [5, 5.41) is 8.73. The fourth-order valence-electron chi connectivity index (χ4n) is 2.37. The highest BCUT2D eigenvalue weighted by molar-refractivity contribution is 5.89. The zero-order valence-corrected chi connectivity index (χ0v) is 14.6. The molecule has 0 saturated carbocycles. The fourth-order valence-corrected chi connectivity index (χ4v) is 2.37. The second kappa shape index (κ2) is 8.85. The number of halogens is 2. The van der Waals surface area contributed by atoms with Gasteiger partial charge < -0.3 is 15.2 Å². The number of carbonyl (C=O) groups excluding carboxylic acids is 2. The molecule has 0 unspecified atom stereocenters. The minimum Gasteiger partial charge on any atom is -0.354 e. The van der Waals surface area contributed by atoms with Crippen molar-refractivity contribution in [3.63, 3.8) is 0 Å². The molecule has 2 amide bonds. The zero-order valence-electron chi connectivity index (χ0n) is 14.6. The van der Waals surface area contributed by atoms with Gasteiger partial charge >= 0.3 is 11.8 Å². The Balaban J connectivity index is 1.44. The van der Waals surface area contributed by atoms with Gasteiger partial charge in [-0.1, -0.05) is 29.4 Å². The smallest absolute Gasteiger partial charge is 0.316 e. The van der Waals surface area contributed by atoms with Gasteiger partial charge in [0.25, 0.3) is 0 Å². The lowest BCUT2D eigenvalue weighted by Gasteiger charge is -2.06. The lowest BCUT2D eigenvalue weighted by molar-refractivity contribution is -0.120. The van der Waals surface area contributed by atoms with E-state index in [4.69, 9.17) is 4.52 Å². The van der Waals surface area contributed by atoms with Crippen LogP contribution in [0.1, 0.15) is 16.2 Å². The molecule has 0 aliphatic carbocycles. The highest BCUT2D eigenvalue weighted by atomic mass is 19.1. The number of rotatable bonds is 7. The summed E-state index contributed by atoms with van der Waals surface area (Å²) in [6, 6.07) is 11.5. The molecule has 1 aromatic heterocycles. The average molecular weight is 386 g/mol. The van der Waals surface area contributed by atoms with Gasteiger partial charge in [-0.25, -0.2) is 8.78 Å². The van der Waals surface area contributed by atoms with Crippen molar-refractivity contribution in [1.82, 2.24) is 20.8 Å². The number of benzene rings is 2. The van der Waals surface area contributed by atoms with Crippen molar-refractivity contribution in [3.05, 3.63) is 71.6 Å². The Hall–Kier alpha value is -3.62. The number of hydrogen-bond acceptors (Lipinski definition) is 5. The summed E-state index contributed by atoms with van der Waals surface area (Å²) in [6.07, 6.45) is 0.101. The van der Waals surface area contributed by atoms with Crippen LogP contribution in [-0.2, 0) is 11.2 Å². The molecule has 2 aromatic carbocycles. The molecular formula is C19H16F2N4O3. The van der Waals surface area contributed by atoms with E-state index in [1.54, 1.807) is 6.07 Å². The summed E-state index contributed by atoms with van der Waals surface area (Å²) in [5.41, 5.74) is 0.799. The molecule has 0 radical (unpaired) electrons. The number of nitrogens with one attached hydrogen (secondary N) is 2. The molecule has 28 heavy (non-hydrogen) atoms. The maximum atomic E-state index is 13.7. The number of amides is 2. The Morgan fingerprint density at radius 3 is 2.43 bits per heavy atom. The predicted molar refractivity (Wildman–Crippen MR) is 95.1 cm³/mol. The molecule has 3 aromatic rings. The Bertz CT molecular complexity index is 973. The monoisotopic (exact) mass is 386 g/mol. The van der Waals surface area contributed by atoms with Crippen LogP contribution < -0.4 is 10.6 Å². The molecular weight excluding hydrogens is 370 g/mol. The lowest BCUT2D eigenvalue weighted by Crippen LogP contribution is -2.35. The van der Waals surface area contributed by atoms with Gasteiger partial charge in [0.05, 0.1) is 12.0 Å². The molecule has 0 atom stereocenters. The molecule has 9 heteroatoms. The molecule has 144 valence electrons. The van der Waals surface area contributed by atoms with E-state index in [-0.39, 0.29) is 48.5 Å². The van der Waals surface area contributed by atoms with Crippen LogP contribution in [0.5, 0.6) is 0 Å². The van der Waals surface area contributed by atoms with Crippen LogP contribution in [0.4, 0.5) is 8.78 Å². The third-order valence-electron chi connectivity index (χ3n) is 3.75. The molecule has 0 bridgehead atoms. The molecule has 0 aliphatic rings. The van der Waals surface area contributed by atoms with Crippen LogP contribution in [0.15, 0.2) is 53.1 Å². The third-order valence-corrected chi connectivity index (χ3v) is 3.75. The second-order valence-electron chi connectivity index (χ2n) is 5.81. The number of carbonyl (C=O) groups is 2. The molecule has 3 rings (SSSR count). The molecule has 1 heterocycles. The minimum absolute atomic E-state index is 0.0316. The maximum Gasteiger partial charge on any atom is 0.316 e. The van der Waals surface area contributed by atoms with E-state index in [1.165, 1.54) is 42.5 Å². The Morgan fingerprint density at radius 1 is 0.964 bits per heavy atom. The molecule has 2 N–H and O–H groups in total. The molecule has 0 fully saturated rings. The van der Waals surface area contributed by atoms with E-state index in [1.807, 2.05) is 0 Å². The van der Waals surface area contributed by atoms with E-state index in [0.29, 0.717) is 5.56 Å². The third kappa shape index (κ3) is 4.97. The lowest BCUT2D eigenvalue weighted by atomic mass is 10.1. The van der Waals surface area contributed by atoms with E-state index < -0.39 is 11.7 Å². The highest BCUT2D eigenvalue weighted by Crippen LogP contribution is 2.18. The molecule has 0 spiro atoms. The topological polar surface area (TPSA) is 97.1 Å². The first-order chi connectivity index (χ1) is 13.5. The minimum atomic E-state index is -0.636. The van der Waals surface area contributed by atoms with Gasteiger partial charge in [0.2, 0.25) is 11.7 Å². The van der Waals surface area contributed by atoms with Gasteiger partial charge in [0, 0.05) is 13.1 Å². The van der Waals surface area contributed by atoms with Gasteiger partial charge in [-0.2, -0.15) is 4.98 Å². The van der Waals surface area contributed by atoms with Gasteiger partial charge in [-0.15, -0.1) is 0 Å². The quantitative estimate of drug-likeness (QED) is 0.606. The molecule has 7 nitrogen and oxygen atoms in total. The Morgan fingerprint density at radius 2 is 1.68 bits per heavy atom. The van der Waals surface area contributed by atoms with Crippen LogP contribution in [0.25, 0.3) is 11.4 Å². The normalized spacial score (nSPS) is 10.5. The summed E-state index contributed by atoms with van der Waals surface area (Å²) in [6.45, 7) is 0.311. The van der Waals surface area contributed by atoms with Crippen LogP contribution in [0, 0.1) is 11.6 Å². The van der Waals surface area contributed by atoms with Crippen molar-refractivity contribution in [2.45, 2.75) is 6.42 Å². The Labute approximate surface area is 158 Å². The van der Waals surface area contributed by atoms with E-state index in [2.05, 4.69) is 20.8 Å².